The van der Waals surface area contributed by atoms with Gasteiger partial charge in [0.1, 0.15) is 6.07 Å². The number of pyridine rings is 1. The van der Waals surface area contributed by atoms with Crippen molar-refractivity contribution in [1.82, 2.24) is 4.98 Å². The molecule has 0 saturated heterocycles. The summed E-state index contributed by atoms with van der Waals surface area (Å²) in [7, 11) is 1.59. The van der Waals surface area contributed by atoms with Crippen LogP contribution in [0.2, 0.25) is 0 Å². The van der Waals surface area contributed by atoms with Gasteiger partial charge in [-0.05, 0) is 24.6 Å². The van der Waals surface area contributed by atoms with E-state index < -0.39 is 0 Å². The quantitative estimate of drug-likeness (QED) is 0.406. The molecule has 0 unspecified atom stereocenters. The fourth-order valence-electron chi connectivity index (χ4n) is 3.09. The second-order valence-corrected chi connectivity index (χ2v) is 7.03. The molecule has 2 heterocycles. The van der Waals surface area contributed by atoms with E-state index in [-0.39, 0.29) is 6.79 Å². The van der Waals surface area contributed by atoms with Crippen LogP contribution in [0.4, 0.5) is 11.4 Å². The molecule has 1 N–H and O–H groups in total. The van der Waals surface area contributed by atoms with E-state index in [1.165, 1.54) is 0 Å². The van der Waals surface area contributed by atoms with Gasteiger partial charge in [-0.25, -0.2) is 0 Å². The second-order valence-electron chi connectivity index (χ2n) is 6.23. The number of methoxy groups -OCH3 is 1. The number of nitrogens with zero attached hydrogens (tertiary/aromatic N) is 2. The first-order chi connectivity index (χ1) is 14.2. The number of para-hydroxylation sites is 1. The van der Waals surface area contributed by atoms with Gasteiger partial charge < -0.3 is 24.3 Å². The van der Waals surface area contributed by atoms with Crippen molar-refractivity contribution in [3.63, 3.8) is 0 Å². The Kier molecular flexibility index (Phi) is 5.58. The number of fused-ring (bicyclic) bond motifs is 2. The van der Waals surface area contributed by atoms with Crippen LogP contribution in [0.1, 0.15) is 12.0 Å². The third-order valence-electron chi connectivity index (χ3n) is 4.47. The van der Waals surface area contributed by atoms with E-state index in [1.54, 1.807) is 13.3 Å². The summed E-state index contributed by atoms with van der Waals surface area (Å²) in [5, 5.41) is 14.5. The van der Waals surface area contributed by atoms with E-state index in [0.29, 0.717) is 52.1 Å². The van der Waals surface area contributed by atoms with Gasteiger partial charge in [0.2, 0.25) is 6.79 Å². The van der Waals surface area contributed by atoms with Crippen LogP contribution in [0.5, 0.6) is 23.0 Å². The van der Waals surface area contributed by atoms with Crippen molar-refractivity contribution in [2.45, 2.75) is 6.42 Å². The largest absolute Gasteiger partial charge is 0.493 e. The molecular formula is C21H18BrN3O4. The SMILES string of the molecule is COc1cc2c(Nc3cccc4c3OCO4)c(C#N)cnc2cc1OCCCBr. The first-order valence-electron chi connectivity index (χ1n) is 9.00. The fraction of sp³-hybridized carbons (Fsp3) is 0.238. The Bertz CT molecular complexity index is 1100. The zero-order valence-corrected chi connectivity index (χ0v) is 17.3. The van der Waals surface area contributed by atoms with Crippen molar-refractivity contribution in [3.05, 3.63) is 42.1 Å². The van der Waals surface area contributed by atoms with Gasteiger partial charge in [-0.1, -0.05) is 22.0 Å². The average Bonchev–Trinajstić information content (AvgIpc) is 3.23. The summed E-state index contributed by atoms with van der Waals surface area (Å²) >= 11 is 3.39. The molecule has 29 heavy (non-hydrogen) atoms. The smallest absolute Gasteiger partial charge is 0.231 e. The van der Waals surface area contributed by atoms with Gasteiger partial charge in [0.15, 0.2) is 23.0 Å². The van der Waals surface area contributed by atoms with Gasteiger partial charge in [0.25, 0.3) is 0 Å². The highest BCUT2D eigenvalue weighted by Crippen LogP contribution is 2.42. The lowest BCUT2D eigenvalue weighted by molar-refractivity contribution is 0.174. The van der Waals surface area contributed by atoms with E-state index in [1.807, 2.05) is 30.3 Å². The Labute approximate surface area is 176 Å². The molecule has 0 aliphatic carbocycles. The first-order valence-corrected chi connectivity index (χ1v) is 10.1. The summed E-state index contributed by atoms with van der Waals surface area (Å²) in [6, 6.07) is 11.4. The maximum absolute atomic E-state index is 9.63. The van der Waals surface area contributed by atoms with Crippen LogP contribution in [0, 0.1) is 11.3 Å². The number of hydrogen-bond donors (Lipinski definition) is 1. The van der Waals surface area contributed by atoms with Crippen molar-refractivity contribution < 1.29 is 18.9 Å². The monoisotopic (exact) mass is 455 g/mol. The van der Waals surface area contributed by atoms with Crippen LogP contribution in [0.25, 0.3) is 10.9 Å². The molecule has 3 aromatic rings. The molecule has 0 bridgehead atoms. The zero-order chi connectivity index (χ0) is 20.2. The molecule has 1 aromatic heterocycles. The molecule has 7 nitrogen and oxygen atoms in total. The molecule has 0 saturated carbocycles. The number of nitriles is 1. The Morgan fingerprint density at radius 3 is 2.97 bits per heavy atom. The van der Waals surface area contributed by atoms with Crippen LogP contribution in [-0.2, 0) is 0 Å². The standard InChI is InChI=1S/C21H18BrN3O4/c1-26-18-8-14-16(9-19(18)27-7-3-6-22)24-11-13(10-23)20(14)25-15-4-2-5-17-21(15)29-12-28-17/h2,4-5,8-9,11H,3,6-7,12H2,1H3,(H,24,25). The number of benzene rings is 2. The van der Waals surface area contributed by atoms with Gasteiger partial charge in [-0.3, -0.25) is 4.98 Å². The van der Waals surface area contributed by atoms with Crippen molar-refractivity contribution in [1.29, 1.82) is 5.26 Å². The first kappa shape index (κ1) is 19.2. The van der Waals surface area contributed by atoms with E-state index in [0.717, 1.165) is 17.1 Å². The van der Waals surface area contributed by atoms with Crippen LogP contribution in [0.15, 0.2) is 36.5 Å². The highest BCUT2D eigenvalue weighted by atomic mass is 79.9. The predicted octanol–water partition coefficient (Wildman–Crippen LogP) is 4.75. The number of nitrogens with one attached hydrogen (secondary N) is 1. The van der Waals surface area contributed by atoms with E-state index in [2.05, 4.69) is 32.3 Å². The summed E-state index contributed by atoms with van der Waals surface area (Å²) in [5.41, 5.74) is 2.42. The highest BCUT2D eigenvalue weighted by Gasteiger charge is 2.20. The van der Waals surface area contributed by atoms with Crippen molar-refractivity contribution in [2.75, 3.05) is 31.2 Å². The molecule has 1 aliphatic heterocycles. The maximum Gasteiger partial charge on any atom is 0.231 e. The van der Waals surface area contributed by atoms with E-state index >= 15 is 0 Å². The minimum absolute atomic E-state index is 0.166. The molecular weight excluding hydrogens is 438 g/mol. The van der Waals surface area contributed by atoms with E-state index in [4.69, 9.17) is 18.9 Å². The third-order valence-corrected chi connectivity index (χ3v) is 5.03. The Morgan fingerprint density at radius 1 is 1.28 bits per heavy atom. The number of ether oxygens (including phenoxy) is 4. The molecule has 8 heteroatoms. The lowest BCUT2D eigenvalue weighted by Crippen LogP contribution is -2.02. The minimum Gasteiger partial charge on any atom is -0.493 e. The third kappa shape index (κ3) is 3.74. The topological polar surface area (TPSA) is 85.6 Å². The number of halogens is 1. The van der Waals surface area contributed by atoms with Crippen molar-refractivity contribution >= 4 is 38.2 Å². The Hall–Kier alpha value is -3.18. The van der Waals surface area contributed by atoms with Gasteiger partial charge in [-0.2, -0.15) is 5.26 Å². The van der Waals surface area contributed by atoms with Gasteiger partial charge in [0.05, 0.1) is 36.2 Å². The summed E-state index contributed by atoms with van der Waals surface area (Å²) in [5.74, 6) is 2.46. The fourth-order valence-corrected chi connectivity index (χ4v) is 3.32. The predicted molar refractivity (Wildman–Crippen MR) is 113 cm³/mol. The summed E-state index contributed by atoms with van der Waals surface area (Å²) in [4.78, 5) is 4.43. The average molecular weight is 456 g/mol. The maximum atomic E-state index is 9.63. The Balaban J connectivity index is 1.80. The lowest BCUT2D eigenvalue weighted by atomic mass is 10.1. The number of rotatable bonds is 7. The normalized spacial score (nSPS) is 11.9. The molecule has 4 rings (SSSR count). The van der Waals surface area contributed by atoms with E-state index in [9.17, 15) is 5.26 Å². The number of alkyl halides is 1. The molecule has 0 fully saturated rings. The second kappa shape index (κ2) is 8.45. The molecule has 2 aromatic carbocycles. The van der Waals surface area contributed by atoms with Crippen LogP contribution < -0.4 is 24.3 Å². The summed E-state index contributed by atoms with van der Waals surface area (Å²) in [6.45, 7) is 0.723. The summed E-state index contributed by atoms with van der Waals surface area (Å²) < 4.78 is 22.4. The minimum atomic E-state index is 0.166. The zero-order valence-electron chi connectivity index (χ0n) is 15.7. The number of aromatic nitrogens is 1. The van der Waals surface area contributed by atoms with Gasteiger partial charge >= 0.3 is 0 Å². The molecule has 0 radical (unpaired) electrons. The van der Waals surface area contributed by atoms with Crippen LogP contribution in [0.3, 0.4) is 0 Å². The van der Waals surface area contributed by atoms with Crippen molar-refractivity contribution in [2.24, 2.45) is 0 Å². The van der Waals surface area contributed by atoms with Crippen molar-refractivity contribution in [3.8, 4) is 29.1 Å². The van der Waals surface area contributed by atoms with Gasteiger partial charge in [0, 0.05) is 23.0 Å². The molecule has 148 valence electrons. The molecule has 0 atom stereocenters. The number of anilines is 2. The molecule has 0 amide bonds. The lowest BCUT2D eigenvalue weighted by Gasteiger charge is -2.16. The Morgan fingerprint density at radius 2 is 2.17 bits per heavy atom. The highest BCUT2D eigenvalue weighted by molar-refractivity contribution is 9.09. The van der Waals surface area contributed by atoms with Gasteiger partial charge in [-0.15, -0.1) is 0 Å². The molecule has 1 aliphatic rings. The number of hydrogen-bond acceptors (Lipinski definition) is 7. The molecule has 0 spiro atoms. The van der Waals surface area contributed by atoms with Crippen LogP contribution >= 0.6 is 15.9 Å². The van der Waals surface area contributed by atoms with Crippen LogP contribution in [-0.4, -0.2) is 30.8 Å². The summed E-state index contributed by atoms with van der Waals surface area (Å²) in [6.07, 6.45) is 2.41.